The fourth-order valence-corrected chi connectivity index (χ4v) is 4.10. The highest BCUT2D eigenvalue weighted by atomic mass is 35.5. The largest absolute Gasteiger partial charge is 0.394 e. The van der Waals surface area contributed by atoms with Gasteiger partial charge < -0.3 is 15.7 Å². The Morgan fingerprint density at radius 1 is 1.15 bits per heavy atom. The molecule has 4 N–H and O–H groups in total. The van der Waals surface area contributed by atoms with E-state index in [0.29, 0.717) is 0 Å². The van der Waals surface area contributed by atoms with E-state index in [1.807, 2.05) is 0 Å². The van der Waals surface area contributed by atoms with Gasteiger partial charge in [-0.3, -0.25) is 4.72 Å². The molecule has 1 aromatic carbocycles. The van der Waals surface area contributed by atoms with Gasteiger partial charge in [0.05, 0.1) is 28.4 Å². The maximum Gasteiger partial charge on any atom is 0.265 e. The van der Waals surface area contributed by atoms with Gasteiger partial charge in [-0.2, -0.15) is 0 Å². The highest BCUT2D eigenvalue weighted by Gasteiger charge is 2.23. The minimum absolute atomic E-state index is 0.00856. The molecule has 0 fully saturated rings. The number of sulfonamides is 1. The first kappa shape index (κ1) is 25.1. The number of rotatable bonds is 7. The Balaban J connectivity index is 1.90. The van der Waals surface area contributed by atoms with Crippen molar-refractivity contribution < 1.29 is 22.3 Å². The van der Waals surface area contributed by atoms with Gasteiger partial charge in [0.25, 0.3) is 10.0 Å². The van der Waals surface area contributed by atoms with Crippen molar-refractivity contribution >= 4 is 39.1 Å². The molecule has 2 aromatic heterocycles. The number of hydrogen-bond acceptors (Lipinski definition) is 8. The Kier molecular flexibility index (Phi) is 7.83. The van der Waals surface area contributed by atoms with E-state index in [-0.39, 0.29) is 39.9 Å². The number of nitrogens with zero attached hydrogens (tertiary/aromatic N) is 3. The van der Waals surface area contributed by atoms with E-state index in [9.17, 15) is 17.2 Å². The molecular weight excluding hydrogens is 490 g/mol. The summed E-state index contributed by atoms with van der Waals surface area (Å²) in [6, 6.07) is 2.71. The fraction of sp³-hybridized carbons (Fsp3) is 0.190. The zero-order valence-corrected chi connectivity index (χ0v) is 19.5. The van der Waals surface area contributed by atoms with E-state index in [2.05, 4.69) is 42.1 Å². The smallest absolute Gasteiger partial charge is 0.265 e. The average Bonchev–Trinajstić information content (AvgIpc) is 2.81. The van der Waals surface area contributed by atoms with Crippen LogP contribution in [0.2, 0.25) is 5.02 Å². The lowest BCUT2D eigenvalue weighted by Crippen LogP contribution is -2.20. The van der Waals surface area contributed by atoms with Crippen LogP contribution in [0.5, 0.6) is 0 Å². The minimum atomic E-state index is -4.33. The molecule has 1 atom stereocenters. The topological polar surface area (TPSA) is 129 Å². The highest BCUT2D eigenvalue weighted by Crippen LogP contribution is 2.27. The highest BCUT2D eigenvalue weighted by molar-refractivity contribution is 7.92. The quantitative estimate of drug-likeness (QED) is 0.359. The van der Waals surface area contributed by atoms with Crippen molar-refractivity contribution in [2.24, 2.45) is 0 Å². The number of halogens is 3. The molecule has 0 saturated carbocycles. The van der Waals surface area contributed by atoms with Crippen LogP contribution in [0, 0.1) is 23.5 Å². The number of aliphatic hydroxyl groups excluding tert-OH is 1. The van der Waals surface area contributed by atoms with Crippen molar-refractivity contribution in [3.8, 4) is 11.8 Å². The second-order valence-corrected chi connectivity index (χ2v) is 9.00. The van der Waals surface area contributed by atoms with Gasteiger partial charge in [0.1, 0.15) is 16.5 Å². The van der Waals surface area contributed by atoms with E-state index in [4.69, 9.17) is 16.7 Å². The Morgan fingerprint density at radius 2 is 1.85 bits per heavy atom. The number of pyridine rings is 1. The lowest BCUT2D eigenvalue weighted by Gasteiger charge is -2.13. The van der Waals surface area contributed by atoms with Gasteiger partial charge in [0, 0.05) is 31.7 Å². The van der Waals surface area contributed by atoms with Crippen molar-refractivity contribution in [3.63, 3.8) is 0 Å². The van der Waals surface area contributed by atoms with Crippen molar-refractivity contribution in [2.45, 2.75) is 17.9 Å². The number of anilines is 3. The van der Waals surface area contributed by atoms with Gasteiger partial charge in [0.2, 0.25) is 5.95 Å². The van der Waals surface area contributed by atoms with E-state index in [1.54, 1.807) is 6.92 Å². The first-order valence-electron chi connectivity index (χ1n) is 9.70. The standard InChI is InChI=1S/C21H19ClF2N6O3S/c1-12(11-31)29-21-27-8-13(9-28-21)3-4-15-16(23)5-6-17(19(15)24)30-34(32,33)18-7-14(22)10-26-20(18)25-2/h5-10,12,30-31H,11H2,1-2H3,(H,25,26)(H,27,28,29)/t12-/m1/s1. The number of benzene rings is 1. The Hall–Kier alpha value is -3.53. The number of nitrogens with one attached hydrogen (secondary N) is 3. The molecule has 0 amide bonds. The Bertz CT molecular complexity index is 1360. The summed E-state index contributed by atoms with van der Waals surface area (Å²) >= 11 is 5.85. The van der Waals surface area contributed by atoms with Crippen molar-refractivity contribution in [2.75, 3.05) is 29.0 Å². The van der Waals surface area contributed by atoms with Crippen molar-refractivity contribution in [1.82, 2.24) is 15.0 Å². The van der Waals surface area contributed by atoms with Crippen LogP contribution < -0.4 is 15.4 Å². The fourth-order valence-electron chi connectivity index (χ4n) is 2.63. The second-order valence-electron chi connectivity index (χ2n) is 6.91. The molecule has 178 valence electrons. The van der Waals surface area contributed by atoms with Crippen LogP contribution in [0.3, 0.4) is 0 Å². The molecule has 3 aromatic rings. The predicted molar refractivity (Wildman–Crippen MR) is 124 cm³/mol. The van der Waals surface area contributed by atoms with E-state index >= 15 is 0 Å². The molecule has 3 rings (SSSR count). The van der Waals surface area contributed by atoms with Gasteiger partial charge in [0.15, 0.2) is 5.82 Å². The molecule has 0 radical (unpaired) electrons. The minimum Gasteiger partial charge on any atom is -0.394 e. The molecule has 2 heterocycles. The summed E-state index contributed by atoms with van der Waals surface area (Å²) in [5, 5.41) is 14.6. The maximum absolute atomic E-state index is 15.0. The number of aliphatic hydroxyl groups is 1. The van der Waals surface area contributed by atoms with Crippen LogP contribution >= 0.6 is 11.6 Å². The third kappa shape index (κ3) is 5.88. The van der Waals surface area contributed by atoms with Crippen molar-refractivity contribution in [3.05, 3.63) is 64.6 Å². The summed E-state index contributed by atoms with van der Waals surface area (Å²) in [6.07, 6.45) is 3.92. The van der Waals surface area contributed by atoms with Crippen LogP contribution in [0.15, 0.2) is 41.7 Å². The summed E-state index contributed by atoms with van der Waals surface area (Å²) in [5.74, 6) is 2.94. The Morgan fingerprint density at radius 3 is 2.50 bits per heavy atom. The number of hydrogen-bond donors (Lipinski definition) is 4. The molecular formula is C21H19ClF2N6O3S. The van der Waals surface area contributed by atoms with Crippen LogP contribution in [-0.2, 0) is 10.0 Å². The molecule has 34 heavy (non-hydrogen) atoms. The summed E-state index contributed by atoms with van der Waals surface area (Å²) in [7, 11) is -2.87. The SMILES string of the molecule is CNc1ncc(Cl)cc1S(=O)(=O)Nc1ccc(F)c(C#Cc2cnc(N[C@H](C)CO)nc2)c1F. The van der Waals surface area contributed by atoms with Gasteiger partial charge in [-0.1, -0.05) is 23.4 Å². The first-order chi connectivity index (χ1) is 16.1. The molecule has 0 aliphatic rings. The average molecular weight is 509 g/mol. The summed E-state index contributed by atoms with van der Waals surface area (Å²) in [6.45, 7) is 1.61. The molecule has 0 unspecified atom stereocenters. The zero-order valence-electron chi connectivity index (χ0n) is 17.9. The van der Waals surface area contributed by atoms with Crippen molar-refractivity contribution in [1.29, 1.82) is 0 Å². The van der Waals surface area contributed by atoms with E-state index in [1.165, 1.54) is 25.6 Å². The van der Waals surface area contributed by atoms with E-state index in [0.717, 1.165) is 18.2 Å². The molecule has 0 aliphatic heterocycles. The molecule has 0 aliphatic carbocycles. The lowest BCUT2D eigenvalue weighted by molar-refractivity contribution is 0.281. The summed E-state index contributed by atoms with van der Waals surface area (Å²) in [5.41, 5.74) is -0.897. The van der Waals surface area contributed by atoms with Crippen LogP contribution in [0.25, 0.3) is 0 Å². The number of aromatic nitrogens is 3. The summed E-state index contributed by atoms with van der Waals surface area (Å²) in [4.78, 5) is 11.6. The summed E-state index contributed by atoms with van der Waals surface area (Å²) < 4.78 is 57.0. The van der Waals surface area contributed by atoms with Crippen LogP contribution in [0.1, 0.15) is 18.1 Å². The Labute approximate surface area is 199 Å². The lowest BCUT2D eigenvalue weighted by atomic mass is 10.1. The molecule has 0 saturated heterocycles. The monoisotopic (exact) mass is 508 g/mol. The molecule has 0 spiro atoms. The van der Waals surface area contributed by atoms with Gasteiger partial charge >= 0.3 is 0 Å². The second kappa shape index (κ2) is 10.6. The first-order valence-corrected chi connectivity index (χ1v) is 11.6. The van der Waals surface area contributed by atoms with Crippen LogP contribution in [-0.4, -0.2) is 48.2 Å². The third-order valence-corrected chi connectivity index (χ3v) is 5.90. The van der Waals surface area contributed by atoms with Crippen LogP contribution in [0.4, 0.5) is 26.2 Å². The third-order valence-electron chi connectivity index (χ3n) is 4.31. The maximum atomic E-state index is 15.0. The molecule has 9 nitrogen and oxygen atoms in total. The van der Waals surface area contributed by atoms with E-state index < -0.39 is 32.9 Å². The zero-order chi connectivity index (χ0) is 24.9. The normalized spacial score (nSPS) is 11.8. The molecule has 13 heteroatoms. The molecule has 0 bridgehead atoms. The van der Waals surface area contributed by atoms with Gasteiger partial charge in [-0.05, 0) is 25.1 Å². The predicted octanol–water partition coefficient (Wildman–Crippen LogP) is 2.84. The van der Waals surface area contributed by atoms with Gasteiger partial charge in [-0.25, -0.2) is 32.2 Å². The van der Waals surface area contributed by atoms with Gasteiger partial charge in [-0.15, -0.1) is 0 Å².